The van der Waals surface area contributed by atoms with E-state index in [0.29, 0.717) is 13.0 Å². The molecule has 0 spiro atoms. The van der Waals surface area contributed by atoms with E-state index in [9.17, 15) is 18.0 Å². The average molecular weight is 227 g/mol. The third-order valence-corrected chi connectivity index (χ3v) is 1.65. The molecular weight excluding hydrogens is 211 g/mol. The van der Waals surface area contributed by atoms with Gasteiger partial charge in [-0.05, 0) is 19.8 Å². The van der Waals surface area contributed by atoms with Crippen LogP contribution in [-0.4, -0.2) is 31.8 Å². The number of hydrogen-bond acceptors (Lipinski definition) is 2. The molecule has 1 N–H and O–H groups in total. The quantitative estimate of drug-likeness (QED) is 0.674. The molecule has 0 atom stereocenters. The molecule has 90 valence electrons. The smallest absolute Gasteiger partial charge is 0.372 e. The Morgan fingerprint density at radius 3 is 2.53 bits per heavy atom. The molecule has 0 heterocycles. The van der Waals surface area contributed by atoms with Gasteiger partial charge in [-0.15, -0.1) is 0 Å². The fraction of sp³-hybridized carbons (Fsp3) is 0.889. The molecule has 0 aromatic carbocycles. The van der Waals surface area contributed by atoms with Crippen molar-refractivity contribution in [1.82, 2.24) is 5.32 Å². The first-order valence-electron chi connectivity index (χ1n) is 4.87. The summed E-state index contributed by atoms with van der Waals surface area (Å²) in [5, 5.41) is 2.47. The molecule has 0 fully saturated rings. The van der Waals surface area contributed by atoms with E-state index in [-0.39, 0.29) is 25.5 Å². The number of carbonyl (C=O) groups is 1. The lowest BCUT2D eigenvalue weighted by Gasteiger charge is -2.07. The van der Waals surface area contributed by atoms with Crippen LogP contribution in [-0.2, 0) is 9.53 Å². The fourth-order valence-corrected chi connectivity index (χ4v) is 0.924. The number of alkyl halides is 3. The molecule has 6 heteroatoms. The summed E-state index contributed by atoms with van der Waals surface area (Å²) in [4.78, 5) is 10.9. The highest BCUT2D eigenvalue weighted by Crippen LogP contribution is 2.21. The van der Waals surface area contributed by atoms with E-state index < -0.39 is 12.6 Å². The Morgan fingerprint density at radius 1 is 1.33 bits per heavy atom. The van der Waals surface area contributed by atoms with Crippen LogP contribution in [0.4, 0.5) is 13.2 Å². The number of amides is 1. The van der Waals surface area contributed by atoms with E-state index in [0.717, 1.165) is 0 Å². The minimum atomic E-state index is -4.10. The fourth-order valence-electron chi connectivity index (χ4n) is 0.924. The number of carbonyl (C=O) groups excluding carboxylic acids is 1. The normalized spacial score (nSPS) is 11.5. The van der Waals surface area contributed by atoms with Gasteiger partial charge in [0.15, 0.2) is 0 Å². The van der Waals surface area contributed by atoms with Gasteiger partial charge < -0.3 is 10.1 Å². The van der Waals surface area contributed by atoms with E-state index in [1.807, 2.05) is 0 Å². The second kappa shape index (κ2) is 7.50. The van der Waals surface area contributed by atoms with Crippen molar-refractivity contribution in [2.24, 2.45) is 0 Å². The van der Waals surface area contributed by atoms with Crippen molar-refractivity contribution < 1.29 is 22.7 Å². The van der Waals surface area contributed by atoms with Crippen LogP contribution in [0.15, 0.2) is 0 Å². The zero-order valence-electron chi connectivity index (χ0n) is 8.69. The van der Waals surface area contributed by atoms with Gasteiger partial charge in [0.05, 0.1) is 0 Å². The Kier molecular flexibility index (Phi) is 7.11. The summed E-state index contributed by atoms with van der Waals surface area (Å²) in [7, 11) is 0. The summed E-state index contributed by atoms with van der Waals surface area (Å²) in [5.41, 5.74) is 0. The van der Waals surface area contributed by atoms with Gasteiger partial charge in [0.25, 0.3) is 0 Å². The van der Waals surface area contributed by atoms with Gasteiger partial charge in [0.1, 0.15) is 6.61 Å². The largest absolute Gasteiger partial charge is 0.389 e. The lowest BCUT2D eigenvalue weighted by Crippen LogP contribution is -2.28. The van der Waals surface area contributed by atoms with Crippen molar-refractivity contribution in [3.8, 4) is 0 Å². The molecular formula is C9H16F3NO2. The summed E-state index contributed by atoms with van der Waals surface area (Å²) in [5.74, 6) is -0.288. The van der Waals surface area contributed by atoms with Gasteiger partial charge in [-0.25, -0.2) is 0 Å². The zero-order chi connectivity index (χ0) is 11.7. The molecule has 15 heavy (non-hydrogen) atoms. The van der Waals surface area contributed by atoms with E-state index in [4.69, 9.17) is 4.74 Å². The minimum Gasteiger partial charge on any atom is -0.372 e. The van der Waals surface area contributed by atoms with Crippen LogP contribution in [0.5, 0.6) is 0 Å². The second-order valence-corrected chi connectivity index (χ2v) is 3.06. The van der Waals surface area contributed by atoms with Crippen LogP contribution < -0.4 is 5.32 Å². The Hall–Kier alpha value is -0.780. The molecule has 0 saturated heterocycles. The maximum atomic E-state index is 11.7. The van der Waals surface area contributed by atoms with E-state index >= 15 is 0 Å². The Labute approximate surface area is 87.0 Å². The van der Waals surface area contributed by atoms with Crippen LogP contribution in [0.1, 0.15) is 26.2 Å². The first kappa shape index (κ1) is 14.2. The van der Waals surface area contributed by atoms with Gasteiger partial charge >= 0.3 is 6.18 Å². The number of nitrogens with one attached hydrogen (secondary N) is 1. The summed E-state index contributed by atoms with van der Waals surface area (Å²) >= 11 is 0. The first-order chi connectivity index (χ1) is 6.95. The molecule has 1 amide bonds. The van der Waals surface area contributed by atoms with Crippen molar-refractivity contribution in [3.63, 3.8) is 0 Å². The molecule has 0 aliphatic heterocycles. The predicted molar refractivity (Wildman–Crippen MR) is 49.4 cm³/mol. The molecule has 0 saturated carbocycles. The summed E-state index contributed by atoms with van der Waals surface area (Å²) < 4.78 is 39.9. The van der Waals surface area contributed by atoms with Gasteiger partial charge in [-0.3, -0.25) is 4.79 Å². The van der Waals surface area contributed by atoms with Crippen molar-refractivity contribution >= 4 is 5.91 Å². The number of rotatable bonds is 7. The molecule has 0 rings (SSSR count). The minimum absolute atomic E-state index is 0.0320. The number of hydrogen-bond donors (Lipinski definition) is 1. The van der Waals surface area contributed by atoms with Gasteiger partial charge in [0.2, 0.25) is 5.91 Å². The summed E-state index contributed by atoms with van der Waals surface area (Å²) in [6.07, 6.45) is -4.53. The molecule has 0 aromatic heterocycles. The maximum Gasteiger partial charge on any atom is 0.389 e. The molecule has 0 bridgehead atoms. The second-order valence-electron chi connectivity index (χ2n) is 3.06. The highest BCUT2D eigenvalue weighted by Gasteiger charge is 2.25. The topological polar surface area (TPSA) is 38.3 Å². The predicted octanol–water partition coefficient (Wildman–Crippen LogP) is 1.87. The van der Waals surface area contributed by atoms with Gasteiger partial charge in [-0.2, -0.15) is 13.2 Å². The highest BCUT2D eigenvalue weighted by molar-refractivity contribution is 5.77. The summed E-state index contributed by atoms with van der Waals surface area (Å²) in [6.45, 7) is 2.44. The van der Waals surface area contributed by atoms with Crippen LogP contribution in [0.25, 0.3) is 0 Å². The third-order valence-electron chi connectivity index (χ3n) is 1.65. The number of halogens is 3. The Balaban J connectivity index is 3.27. The van der Waals surface area contributed by atoms with E-state index in [1.165, 1.54) is 0 Å². The number of unbranched alkanes of at least 4 members (excludes halogenated alkanes) is 1. The molecule has 3 nitrogen and oxygen atoms in total. The average Bonchev–Trinajstić information content (AvgIpc) is 2.12. The van der Waals surface area contributed by atoms with E-state index in [1.54, 1.807) is 6.92 Å². The van der Waals surface area contributed by atoms with Gasteiger partial charge in [-0.1, -0.05) is 0 Å². The number of ether oxygens (including phenoxy) is 1. The summed E-state index contributed by atoms with van der Waals surface area (Å²) in [6, 6.07) is 0. The monoisotopic (exact) mass is 227 g/mol. The SMILES string of the molecule is CCOCC(=O)NCCCCC(F)(F)F. The molecule has 0 unspecified atom stereocenters. The van der Waals surface area contributed by atoms with Crippen molar-refractivity contribution in [1.29, 1.82) is 0 Å². The third kappa shape index (κ3) is 11.1. The molecule has 0 aliphatic carbocycles. The van der Waals surface area contributed by atoms with Gasteiger partial charge in [0, 0.05) is 19.6 Å². The highest BCUT2D eigenvalue weighted by atomic mass is 19.4. The lowest BCUT2D eigenvalue weighted by atomic mass is 10.2. The van der Waals surface area contributed by atoms with E-state index in [2.05, 4.69) is 5.32 Å². The van der Waals surface area contributed by atoms with Crippen LogP contribution in [0.3, 0.4) is 0 Å². The lowest BCUT2D eigenvalue weighted by molar-refractivity contribution is -0.135. The van der Waals surface area contributed by atoms with Crippen LogP contribution in [0, 0.1) is 0 Å². The Bertz CT molecular complexity index is 183. The standard InChI is InChI=1S/C9H16F3NO2/c1-2-15-7-8(14)13-6-4-3-5-9(10,11)12/h2-7H2,1H3,(H,13,14). The molecule has 0 aromatic rings. The van der Waals surface area contributed by atoms with Crippen molar-refractivity contribution in [2.75, 3.05) is 19.8 Å². The molecule has 0 aliphatic rings. The zero-order valence-corrected chi connectivity index (χ0v) is 8.69. The van der Waals surface area contributed by atoms with Crippen molar-refractivity contribution in [2.45, 2.75) is 32.4 Å². The van der Waals surface area contributed by atoms with Crippen LogP contribution in [0.2, 0.25) is 0 Å². The maximum absolute atomic E-state index is 11.7. The Morgan fingerprint density at radius 2 is 2.00 bits per heavy atom. The van der Waals surface area contributed by atoms with Crippen molar-refractivity contribution in [3.05, 3.63) is 0 Å². The molecule has 0 radical (unpaired) electrons. The first-order valence-corrected chi connectivity index (χ1v) is 4.87. The van der Waals surface area contributed by atoms with Crippen LogP contribution >= 0.6 is 0 Å².